The maximum Gasteiger partial charge on any atom is 0.304 e. The highest BCUT2D eigenvalue weighted by atomic mass is 16.7. The molecule has 0 fully saturated rings. The largest absolute Gasteiger partial charge is 0.436 e. The number of carbonyl (C=O) groups excluding carboxylic acids is 1. The second-order valence-electron chi connectivity index (χ2n) is 2.35. The van der Waals surface area contributed by atoms with Crippen molar-refractivity contribution in [3.8, 4) is 0 Å². The average molecular weight is 178 g/mol. The lowest BCUT2D eigenvalue weighted by atomic mass is 10.4. The number of hydrogen-bond donors (Lipinski definition) is 2. The Morgan fingerprint density at radius 3 is 2.58 bits per heavy atom. The van der Waals surface area contributed by atoms with Crippen molar-refractivity contribution in [2.45, 2.75) is 26.2 Å². The summed E-state index contributed by atoms with van der Waals surface area (Å²) in [6.45, 7) is 2.38. The van der Waals surface area contributed by atoms with Gasteiger partial charge in [-0.15, -0.1) is 0 Å². The summed E-state index contributed by atoms with van der Waals surface area (Å²) in [5, 5.41) is 17.2. The van der Waals surface area contributed by atoms with Gasteiger partial charge in [0.1, 0.15) is 6.10 Å². The van der Waals surface area contributed by atoms with Crippen LogP contribution in [0.2, 0.25) is 0 Å². The van der Waals surface area contributed by atoms with E-state index in [0.717, 1.165) is 0 Å². The molecule has 0 aromatic heterocycles. The zero-order chi connectivity index (χ0) is 9.56. The molecule has 2 unspecified atom stereocenters. The molecule has 0 radical (unpaired) electrons. The lowest BCUT2D eigenvalue weighted by molar-refractivity contribution is -0.177. The average Bonchev–Trinajstić information content (AvgIpc) is 1.99. The van der Waals surface area contributed by atoms with Gasteiger partial charge in [0.2, 0.25) is 0 Å². The smallest absolute Gasteiger partial charge is 0.304 e. The van der Waals surface area contributed by atoms with Gasteiger partial charge in [-0.25, -0.2) is 0 Å². The van der Waals surface area contributed by atoms with E-state index in [1.165, 1.54) is 13.8 Å². The molecular weight excluding hydrogens is 164 g/mol. The molecule has 0 spiro atoms. The summed E-state index contributed by atoms with van der Waals surface area (Å²) in [7, 11) is 0. The fourth-order valence-electron chi connectivity index (χ4n) is 0.567. The number of aliphatic hydroxyl groups is 2. The molecule has 0 aliphatic carbocycles. The molecule has 12 heavy (non-hydrogen) atoms. The first-order valence-corrected chi connectivity index (χ1v) is 3.64. The van der Waals surface area contributed by atoms with Crippen molar-refractivity contribution in [2.75, 3.05) is 13.2 Å². The molecule has 0 saturated carbocycles. The molecule has 0 saturated heterocycles. The standard InChI is InChI=1S/C7H14O5/c1-5(9)12-6(2)11-4-7(10)3-8/h6-8,10H,3-4H2,1-2H3. The van der Waals surface area contributed by atoms with Gasteiger partial charge in [0, 0.05) is 6.92 Å². The van der Waals surface area contributed by atoms with Crippen LogP contribution in [0.4, 0.5) is 0 Å². The van der Waals surface area contributed by atoms with Gasteiger partial charge in [-0.05, 0) is 6.92 Å². The number of aliphatic hydroxyl groups excluding tert-OH is 2. The number of carbonyl (C=O) groups is 1. The normalized spacial score (nSPS) is 15.3. The van der Waals surface area contributed by atoms with Crippen LogP contribution < -0.4 is 0 Å². The van der Waals surface area contributed by atoms with E-state index in [4.69, 9.17) is 14.9 Å². The highest BCUT2D eigenvalue weighted by Gasteiger charge is 2.08. The minimum Gasteiger partial charge on any atom is -0.436 e. The third kappa shape index (κ3) is 6.09. The van der Waals surface area contributed by atoms with Crippen molar-refractivity contribution in [1.82, 2.24) is 0 Å². The van der Waals surface area contributed by atoms with E-state index in [9.17, 15) is 4.79 Å². The molecule has 0 amide bonds. The van der Waals surface area contributed by atoms with Gasteiger partial charge in [-0.3, -0.25) is 4.79 Å². The van der Waals surface area contributed by atoms with Crippen LogP contribution in [0.15, 0.2) is 0 Å². The molecule has 0 aromatic carbocycles. The zero-order valence-electron chi connectivity index (χ0n) is 7.19. The Balaban J connectivity index is 3.43. The monoisotopic (exact) mass is 178 g/mol. The molecule has 72 valence electrons. The number of rotatable bonds is 5. The third-order valence-corrected chi connectivity index (χ3v) is 1.07. The van der Waals surface area contributed by atoms with Gasteiger partial charge in [0.15, 0.2) is 6.29 Å². The number of esters is 1. The maximum absolute atomic E-state index is 10.4. The van der Waals surface area contributed by atoms with Gasteiger partial charge >= 0.3 is 5.97 Å². The van der Waals surface area contributed by atoms with Gasteiger partial charge in [-0.2, -0.15) is 0 Å². The summed E-state index contributed by atoms with van der Waals surface area (Å²) in [6, 6.07) is 0. The van der Waals surface area contributed by atoms with Crippen molar-refractivity contribution in [3.63, 3.8) is 0 Å². The Morgan fingerprint density at radius 2 is 2.17 bits per heavy atom. The lowest BCUT2D eigenvalue weighted by Crippen LogP contribution is -2.25. The second kappa shape index (κ2) is 5.93. The van der Waals surface area contributed by atoms with Crippen LogP contribution in [0.3, 0.4) is 0 Å². The Labute approximate surface area is 70.9 Å². The molecule has 5 nitrogen and oxygen atoms in total. The van der Waals surface area contributed by atoms with Crippen molar-refractivity contribution < 1.29 is 24.5 Å². The van der Waals surface area contributed by atoms with Crippen molar-refractivity contribution in [3.05, 3.63) is 0 Å². The molecule has 2 N–H and O–H groups in total. The molecule has 0 bridgehead atoms. The molecular formula is C7H14O5. The Bertz CT molecular complexity index is 136. The van der Waals surface area contributed by atoms with Gasteiger partial charge < -0.3 is 19.7 Å². The van der Waals surface area contributed by atoms with E-state index in [1.54, 1.807) is 0 Å². The van der Waals surface area contributed by atoms with Gasteiger partial charge in [-0.1, -0.05) is 0 Å². The summed E-state index contributed by atoms with van der Waals surface area (Å²) in [5.41, 5.74) is 0. The SMILES string of the molecule is CC(=O)OC(C)OCC(O)CO. The molecule has 2 atom stereocenters. The first-order chi connectivity index (χ1) is 5.56. The molecule has 0 rings (SSSR count). The van der Waals surface area contributed by atoms with Crippen LogP contribution in [0, 0.1) is 0 Å². The first kappa shape index (κ1) is 11.4. The van der Waals surface area contributed by atoms with E-state index in [-0.39, 0.29) is 13.2 Å². The van der Waals surface area contributed by atoms with Gasteiger partial charge in [0.05, 0.1) is 13.2 Å². The minimum absolute atomic E-state index is 0.0506. The fraction of sp³-hybridized carbons (Fsp3) is 0.857. The molecule has 0 aromatic rings. The quantitative estimate of drug-likeness (QED) is 0.428. The lowest BCUT2D eigenvalue weighted by Gasteiger charge is -2.14. The van der Waals surface area contributed by atoms with Crippen molar-refractivity contribution in [2.24, 2.45) is 0 Å². The maximum atomic E-state index is 10.4. The molecule has 5 heteroatoms. The predicted octanol–water partition coefficient (Wildman–Crippen LogP) is -0.735. The van der Waals surface area contributed by atoms with Crippen LogP contribution in [0.5, 0.6) is 0 Å². The Kier molecular flexibility index (Phi) is 5.61. The summed E-state index contributed by atoms with van der Waals surface area (Å²) in [5.74, 6) is -0.444. The van der Waals surface area contributed by atoms with Crippen LogP contribution in [-0.2, 0) is 14.3 Å². The summed E-state index contributed by atoms with van der Waals surface area (Å²) in [4.78, 5) is 10.4. The van der Waals surface area contributed by atoms with E-state index in [1.807, 2.05) is 0 Å². The second-order valence-corrected chi connectivity index (χ2v) is 2.35. The predicted molar refractivity (Wildman–Crippen MR) is 40.3 cm³/mol. The molecule has 0 aliphatic rings. The summed E-state index contributed by atoms with van der Waals surface area (Å²) < 4.78 is 9.44. The Morgan fingerprint density at radius 1 is 1.58 bits per heavy atom. The minimum atomic E-state index is -0.928. The van der Waals surface area contributed by atoms with Crippen molar-refractivity contribution in [1.29, 1.82) is 0 Å². The van der Waals surface area contributed by atoms with Crippen LogP contribution in [-0.4, -0.2) is 41.8 Å². The summed E-state index contributed by atoms with van der Waals surface area (Å²) >= 11 is 0. The topological polar surface area (TPSA) is 76.0 Å². The summed E-state index contributed by atoms with van der Waals surface area (Å²) in [6.07, 6.45) is -1.62. The number of hydrogen-bond acceptors (Lipinski definition) is 5. The third-order valence-electron chi connectivity index (χ3n) is 1.07. The zero-order valence-corrected chi connectivity index (χ0v) is 7.19. The van der Waals surface area contributed by atoms with Crippen molar-refractivity contribution >= 4 is 5.97 Å². The molecule has 0 heterocycles. The van der Waals surface area contributed by atoms with Crippen LogP contribution >= 0.6 is 0 Å². The highest BCUT2D eigenvalue weighted by Crippen LogP contribution is 1.95. The first-order valence-electron chi connectivity index (χ1n) is 3.64. The van der Waals surface area contributed by atoms with Crippen LogP contribution in [0.1, 0.15) is 13.8 Å². The van der Waals surface area contributed by atoms with E-state index < -0.39 is 18.4 Å². The van der Waals surface area contributed by atoms with E-state index in [2.05, 4.69) is 4.74 Å². The van der Waals surface area contributed by atoms with E-state index >= 15 is 0 Å². The number of ether oxygens (including phenoxy) is 2. The van der Waals surface area contributed by atoms with E-state index in [0.29, 0.717) is 0 Å². The fourth-order valence-corrected chi connectivity index (χ4v) is 0.567. The van der Waals surface area contributed by atoms with Gasteiger partial charge in [0.25, 0.3) is 0 Å². The molecule has 0 aliphatic heterocycles. The highest BCUT2D eigenvalue weighted by molar-refractivity contribution is 5.65. The van der Waals surface area contributed by atoms with Crippen LogP contribution in [0.25, 0.3) is 0 Å². The Hall–Kier alpha value is -0.650.